The molecule has 0 spiro atoms. The van der Waals surface area contributed by atoms with Crippen LogP contribution in [0.1, 0.15) is 11.4 Å². The average molecular weight is 355 g/mol. The molecule has 0 amide bonds. The van der Waals surface area contributed by atoms with Crippen LogP contribution in [0.15, 0.2) is 59.6 Å². The molecule has 3 rings (SSSR count). The summed E-state index contributed by atoms with van der Waals surface area (Å²) in [5.41, 5.74) is 2.59. The molecule has 0 saturated heterocycles. The largest absolute Gasteiger partial charge is 0.507 e. The van der Waals surface area contributed by atoms with Gasteiger partial charge in [-0.05, 0) is 49.7 Å². The van der Waals surface area contributed by atoms with E-state index in [1.807, 2.05) is 6.07 Å². The lowest BCUT2D eigenvalue weighted by Crippen LogP contribution is -2.13. The Morgan fingerprint density at radius 1 is 1.04 bits per heavy atom. The van der Waals surface area contributed by atoms with Crippen molar-refractivity contribution < 1.29 is 13.5 Å². The van der Waals surface area contributed by atoms with Gasteiger partial charge in [0.1, 0.15) is 16.5 Å². The Morgan fingerprint density at radius 3 is 2.60 bits per heavy atom. The maximum absolute atomic E-state index is 12.6. The van der Waals surface area contributed by atoms with Crippen LogP contribution >= 0.6 is 0 Å². The topological polar surface area (TPSA) is 92.2 Å². The number of nitrogens with one attached hydrogen (secondary N) is 1. The van der Waals surface area contributed by atoms with Crippen molar-refractivity contribution in [1.82, 2.24) is 9.97 Å². The predicted octanol–water partition coefficient (Wildman–Crippen LogP) is 3.27. The van der Waals surface area contributed by atoms with E-state index < -0.39 is 10.0 Å². The second-order valence-corrected chi connectivity index (χ2v) is 7.30. The van der Waals surface area contributed by atoms with Crippen LogP contribution in [0.4, 0.5) is 5.69 Å². The number of hydrogen-bond acceptors (Lipinski definition) is 5. The molecule has 128 valence electrons. The van der Waals surface area contributed by atoms with Crippen molar-refractivity contribution in [1.29, 1.82) is 0 Å². The number of hydrogen-bond donors (Lipinski definition) is 2. The Hall–Kier alpha value is -2.93. The molecular weight excluding hydrogens is 338 g/mol. The number of sulfonamides is 1. The Morgan fingerprint density at radius 2 is 1.84 bits per heavy atom. The van der Waals surface area contributed by atoms with Gasteiger partial charge < -0.3 is 5.11 Å². The second-order valence-electron chi connectivity index (χ2n) is 5.65. The first-order valence-electron chi connectivity index (χ1n) is 7.58. The molecule has 0 unspecified atom stereocenters. The van der Waals surface area contributed by atoms with Gasteiger partial charge in [-0.15, -0.1) is 0 Å². The van der Waals surface area contributed by atoms with Crippen molar-refractivity contribution in [3.63, 3.8) is 0 Å². The number of nitrogens with zero attached hydrogens (tertiary/aromatic N) is 2. The first kappa shape index (κ1) is 16.9. The van der Waals surface area contributed by atoms with E-state index in [9.17, 15) is 13.5 Å². The van der Waals surface area contributed by atoms with Crippen molar-refractivity contribution in [3.8, 4) is 17.0 Å². The molecule has 3 aromatic rings. The zero-order valence-electron chi connectivity index (χ0n) is 13.8. The summed E-state index contributed by atoms with van der Waals surface area (Å²) in [6, 6.07) is 13.1. The van der Waals surface area contributed by atoms with Crippen molar-refractivity contribution in [2.75, 3.05) is 4.72 Å². The summed E-state index contributed by atoms with van der Waals surface area (Å²) in [5, 5.41) is 9.88. The first-order chi connectivity index (χ1) is 11.8. The number of benzene rings is 2. The van der Waals surface area contributed by atoms with E-state index >= 15 is 0 Å². The van der Waals surface area contributed by atoms with Gasteiger partial charge in [-0.3, -0.25) is 4.72 Å². The summed E-state index contributed by atoms with van der Waals surface area (Å²) in [4.78, 5) is 8.23. The highest BCUT2D eigenvalue weighted by Gasteiger charge is 2.19. The molecule has 0 fully saturated rings. The summed E-state index contributed by atoms with van der Waals surface area (Å²) >= 11 is 0. The molecule has 1 aromatic heterocycles. The highest BCUT2D eigenvalue weighted by Crippen LogP contribution is 2.27. The number of aromatic hydroxyl groups is 1. The molecule has 0 saturated carbocycles. The van der Waals surface area contributed by atoms with E-state index in [0.29, 0.717) is 17.2 Å². The van der Waals surface area contributed by atoms with E-state index in [1.54, 1.807) is 50.4 Å². The van der Waals surface area contributed by atoms with Crippen LogP contribution in [0, 0.1) is 13.8 Å². The molecule has 25 heavy (non-hydrogen) atoms. The smallest absolute Gasteiger partial charge is 0.265 e. The molecule has 0 bridgehead atoms. The van der Waals surface area contributed by atoms with Crippen LogP contribution in [-0.4, -0.2) is 23.5 Å². The summed E-state index contributed by atoms with van der Waals surface area (Å²) in [5.74, 6) is 0.342. The summed E-state index contributed by atoms with van der Waals surface area (Å²) in [7, 11) is -3.91. The van der Waals surface area contributed by atoms with Gasteiger partial charge in [-0.2, -0.15) is 0 Å². The first-order valence-corrected chi connectivity index (χ1v) is 9.06. The van der Waals surface area contributed by atoms with Gasteiger partial charge in [0.15, 0.2) is 0 Å². The summed E-state index contributed by atoms with van der Waals surface area (Å²) in [6.07, 6.45) is 1.65. The SMILES string of the molecule is Cc1ccc(O)c(S(=O)(=O)Nc2cccc(-c3ccnc(C)n3)c2)c1. The number of aryl methyl sites for hydroxylation is 2. The highest BCUT2D eigenvalue weighted by molar-refractivity contribution is 7.92. The molecule has 6 nitrogen and oxygen atoms in total. The Kier molecular flexibility index (Phi) is 4.41. The van der Waals surface area contributed by atoms with Crippen LogP contribution < -0.4 is 4.72 Å². The van der Waals surface area contributed by atoms with Crippen molar-refractivity contribution in [2.45, 2.75) is 18.7 Å². The van der Waals surface area contributed by atoms with Crippen molar-refractivity contribution in [2.24, 2.45) is 0 Å². The summed E-state index contributed by atoms with van der Waals surface area (Å²) < 4.78 is 27.7. The number of rotatable bonds is 4. The maximum atomic E-state index is 12.6. The molecule has 7 heteroatoms. The van der Waals surface area contributed by atoms with Crippen LogP contribution in [-0.2, 0) is 10.0 Å². The van der Waals surface area contributed by atoms with Crippen molar-refractivity contribution >= 4 is 15.7 Å². The molecule has 2 N–H and O–H groups in total. The van der Waals surface area contributed by atoms with Crippen LogP contribution in [0.3, 0.4) is 0 Å². The van der Waals surface area contributed by atoms with Gasteiger partial charge in [-0.1, -0.05) is 18.2 Å². The minimum Gasteiger partial charge on any atom is -0.507 e. The molecule has 0 radical (unpaired) electrons. The van der Waals surface area contributed by atoms with Crippen LogP contribution in [0.25, 0.3) is 11.3 Å². The number of phenols is 1. The second kappa shape index (κ2) is 6.52. The van der Waals surface area contributed by atoms with Gasteiger partial charge in [0, 0.05) is 17.4 Å². The molecular formula is C18H17N3O3S. The predicted molar refractivity (Wildman–Crippen MR) is 95.9 cm³/mol. The van der Waals surface area contributed by atoms with Gasteiger partial charge >= 0.3 is 0 Å². The monoisotopic (exact) mass is 355 g/mol. The minimum atomic E-state index is -3.91. The van der Waals surface area contributed by atoms with E-state index in [-0.39, 0.29) is 10.6 Å². The lowest BCUT2D eigenvalue weighted by Gasteiger charge is -2.11. The molecule has 0 atom stereocenters. The van der Waals surface area contributed by atoms with Gasteiger partial charge in [0.05, 0.1) is 5.69 Å². The third-order valence-electron chi connectivity index (χ3n) is 3.59. The third-order valence-corrected chi connectivity index (χ3v) is 5.00. The van der Waals surface area contributed by atoms with E-state index in [0.717, 1.165) is 11.1 Å². The summed E-state index contributed by atoms with van der Waals surface area (Å²) in [6.45, 7) is 3.55. The van der Waals surface area contributed by atoms with Crippen LogP contribution in [0.5, 0.6) is 5.75 Å². The van der Waals surface area contributed by atoms with Crippen molar-refractivity contribution in [3.05, 3.63) is 66.1 Å². The fraction of sp³-hybridized carbons (Fsp3) is 0.111. The Labute approximate surface area is 146 Å². The molecule has 0 aliphatic heterocycles. The lowest BCUT2D eigenvalue weighted by molar-refractivity contribution is 0.459. The standard InChI is InChI=1S/C18H17N3O3S/c1-12-6-7-17(22)18(10-12)25(23,24)21-15-5-3-4-14(11-15)16-8-9-19-13(2)20-16/h3-11,21-22H,1-2H3. The maximum Gasteiger partial charge on any atom is 0.265 e. The number of phenolic OH excluding ortho intramolecular Hbond substituents is 1. The van der Waals surface area contributed by atoms with Gasteiger partial charge in [0.2, 0.25) is 0 Å². The molecule has 0 aliphatic rings. The molecule has 1 heterocycles. The minimum absolute atomic E-state index is 0.157. The number of aromatic nitrogens is 2. The third kappa shape index (κ3) is 3.77. The van der Waals surface area contributed by atoms with E-state index in [1.165, 1.54) is 12.1 Å². The lowest BCUT2D eigenvalue weighted by atomic mass is 10.1. The zero-order chi connectivity index (χ0) is 18.0. The van der Waals surface area contributed by atoms with Crippen LogP contribution in [0.2, 0.25) is 0 Å². The van der Waals surface area contributed by atoms with E-state index in [4.69, 9.17) is 0 Å². The fourth-order valence-corrected chi connectivity index (χ4v) is 3.64. The normalized spacial score (nSPS) is 11.3. The fourth-order valence-electron chi connectivity index (χ4n) is 2.41. The van der Waals surface area contributed by atoms with Gasteiger partial charge in [0.25, 0.3) is 10.0 Å². The zero-order valence-corrected chi connectivity index (χ0v) is 14.6. The molecule has 0 aliphatic carbocycles. The van der Waals surface area contributed by atoms with Gasteiger partial charge in [-0.25, -0.2) is 18.4 Å². The Balaban J connectivity index is 1.95. The van der Waals surface area contributed by atoms with E-state index in [2.05, 4.69) is 14.7 Å². The quantitative estimate of drug-likeness (QED) is 0.749. The average Bonchev–Trinajstić information content (AvgIpc) is 2.57. The number of anilines is 1. The highest BCUT2D eigenvalue weighted by atomic mass is 32.2. The Bertz CT molecular complexity index is 1030. The molecule has 2 aromatic carbocycles.